The van der Waals surface area contributed by atoms with Crippen LogP contribution in [0, 0.1) is 0 Å². The maximum atomic E-state index is 10.1. The summed E-state index contributed by atoms with van der Waals surface area (Å²) in [5.74, 6) is 0. The summed E-state index contributed by atoms with van der Waals surface area (Å²) in [4.78, 5) is 0. The Morgan fingerprint density at radius 2 is 1.88 bits per heavy atom. The third-order valence-corrected chi connectivity index (χ3v) is 2.75. The number of methoxy groups -OCH3 is 2. The highest BCUT2D eigenvalue weighted by atomic mass is 16.7. The van der Waals surface area contributed by atoms with Gasteiger partial charge in [-0.2, -0.15) is 0 Å². The molecule has 1 fully saturated rings. The van der Waals surface area contributed by atoms with Gasteiger partial charge in [-0.25, -0.2) is 0 Å². The predicted molar refractivity (Wildman–Crippen MR) is 59.6 cm³/mol. The number of aliphatic hydroxyl groups is 2. The number of aliphatic hydroxyl groups excluding tert-OH is 2. The highest BCUT2D eigenvalue weighted by Crippen LogP contribution is 2.24. The molecule has 1 aliphatic rings. The van der Waals surface area contributed by atoms with E-state index in [0.29, 0.717) is 6.61 Å². The normalized spacial score (nSPS) is 38.3. The summed E-state index contributed by atoms with van der Waals surface area (Å²) in [5, 5.41) is 19.8. The number of hydrogen-bond donors (Lipinski definition) is 2. The minimum Gasteiger partial charge on any atom is -0.387 e. The van der Waals surface area contributed by atoms with Crippen molar-refractivity contribution in [1.29, 1.82) is 0 Å². The number of ether oxygens (including phenoxy) is 4. The van der Waals surface area contributed by atoms with Crippen molar-refractivity contribution in [3.05, 3.63) is 0 Å². The van der Waals surface area contributed by atoms with Crippen molar-refractivity contribution in [2.24, 2.45) is 0 Å². The van der Waals surface area contributed by atoms with Gasteiger partial charge in [0.15, 0.2) is 6.29 Å². The van der Waals surface area contributed by atoms with Crippen LogP contribution in [0.2, 0.25) is 0 Å². The molecule has 0 aromatic heterocycles. The van der Waals surface area contributed by atoms with Crippen molar-refractivity contribution in [2.45, 2.75) is 44.1 Å². The largest absolute Gasteiger partial charge is 0.387 e. The summed E-state index contributed by atoms with van der Waals surface area (Å²) in [5.41, 5.74) is 0. The zero-order chi connectivity index (χ0) is 12.8. The van der Waals surface area contributed by atoms with Gasteiger partial charge in [0.25, 0.3) is 0 Å². The van der Waals surface area contributed by atoms with Crippen LogP contribution in [-0.2, 0) is 18.9 Å². The van der Waals surface area contributed by atoms with Crippen LogP contribution < -0.4 is 0 Å². The standard InChI is InChI=1S/C11H22O6/c1-4-5-16-9-8(12)7(6-14-2)17-11(13)10(9)15-3/h7-13H,4-6H2,1-3H3/t7-,8-,9+,10-,11?/m1/s1. The molecular formula is C11H22O6. The quantitative estimate of drug-likeness (QED) is 0.663. The van der Waals surface area contributed by atoms with E-state index >= 15 is 0 Å². The lowest BCUT2D eigenvalue weighted by molar-refractivity contribution is -0.300. The van der Waals surface area contributed by atoms with E-state index in [1.165, 1.54) is 14.2 Å². The maximum absolute atomic E-state index is 10.1. The van der Waals surface area contributed by atoms with E-state index in [1.807, 2.05) is 6.92 Å². The molecule has 0 aliphatic carbocycles. The lowest BCUT2D eigenvalue weighted by Crippen LogP contribution is -2.60. The smallest absolute Gasteiger partial charge is 0.184 e. The predicted octanol–water partition coefficient (Wildman–Crippen LogP) is -0.479. The first-order chi connectivity index (χ1) is 8.15. The molecule has 0 bridgehead atoms. The van der Waals surface area contributed by atoms with Crippen molar-refractivity contribution in [3.63, 3.8) is 0 Å². The van der Waals surface area contributed by atoms with Gasteiger partial charge in [0.1, 0.15) is 24.4 Å². The molecule has 0 amide bonds. The molecule has 17 heavy (non-hydrogen) atoms. The molecule has 6 nitrogen and oxygen atoms in total. The Morgan fingerprint density at radius 3 is 2.41 bits per heavy atom. The van der Waals surface area contributed by atoms with Gasteiger partial charge in [-0.05, 0) is 6.42 Å². The van der Waals surface area contributed by atoms with Crippen LogP contribution in [0.3, 0.4) is 0 Å². The number of rotatable bonds is 6. The Morgan fingerprint density at radius 1 is 1.18 bits per heavy atom. The molecule has 0 radical (unpaired) electrons. The van der Waals surface area contributed by atoms with Gasteiger partial charge in [-0.15, -0.1) is 0 Å². The van der Waals surface area contributed by atoms with Crippen LogP contribution in [0.5, 0.6) is 0 Å². The first kappa shape index (κ1) is 14.8. The second kappa shape index (κ2) is 7.25. The molecule has 0 spiro atoms. The SMILES string of the molecule is CCCO[C@H]1[C@H](O)[C@@H](COC)OC(O)[C@@H]1OC. The lowest BCUT2D eigenvalue weighted by atomic mass is 9.99. The average molecular weight is 250 g/mol. The van der Waals surface area contributed by atoms with E-state index in [0.717, 1.165) is 6.42 Å². The van der Waals surface area contributed by atoms with Crippen LogP contribution in [0.25, 0.3) is 0 Å². The minimum atomic E-state index is -1.12. The van der Waals surface area contributed by atoms with Gasteiger partial charge in [0.2, 0.25) is 0 Å². The van der Waals surface area contributed by atoms with E-state index in [4.69, 9.17) is 18.9 Å². The van der Waals surface area contributed by atoms with Gasteiger partial charge in [-0.3, -0.25) is 0 Å². The minimum absolute atomic E-state index is 0.195. The zero-order valence-corrected chi connectivity index (χ0v) is 10.5. The molecule has 2 N–H and O–H groups in total. The average Bonchev–Trinajstić information content (AvgIpc) is 2.31. The molecule has 1 aliphatic heterocycles. The van der Waals surface area contributed by atoms with Crippen molar-refractivity contribution < 1.29 is 29.2 Å². The van der Waals surface area contributed by atoms with Crippen LogP contribution in [0.15, 0.2) is 0 Å². The van der Waals surface area contributed by atoms with Gasteiger partial charge in [0.05, 0.1) is 6.61 Å². The summed E-state index contributed by atoms with van der Waals surface area (Å²) < 4.78 is 20.8. The summed E-state index contributed by atoms with van der Waals surface area (Å²) in [7, 11) is 2.95. The summed E-state index contributed by atoms with van der Waals surface area (Å²) in [6, 6.07) is 0. The Labute approximate surface area is 101 Å². The topological polar surface area (TPSA) is 77.4 Å². The molecule has 5 atom stereocenters. The first-order valence-corrected chi connectivity index (χ1v) is 5.80. The lowest BCUT2D eigenvalue weighted by Gasteiger charge is -2.41. The molecule has 0 aromatic carbocycles. The highest BCUT2D eigenvalue weighted by molar-refractivity contribution is 4.90. The van der Waals surface area contributed by atoms with Crippen molar-refractivity contribution in [1.82, 2.24) is 0 Å². The maximum Gasteiger partial charge on any atom is 0.184 e. The molecule has 0 saturated carbocycles. The van der Waals surface area contributed by atoms with Crippen molar-refractivity contribution in [2.75, 3.05) is 27.4 Å². The fourth-order valence-electron chi connectivity index (χ4n) is 1.91. The van der Waals surface area contributed by atoms with Gasteiger partial charge in [-0.1, -0.05) is 6.92 Å². The monoisotopic (exact) mass is 250 g/mol. The second-order valence-corrected chi connectivity index (χ2v) is 4.05. The van der Waals surface area contributed by atoms with E-state index < -0.39 is 30.7 Å². The Hall–Kier alpha value is -0.240. The van der Waals surface area contributed by atoms with E-state index in [2.05, 4.69) is 0 Å². The van der Waals surface area contributed by atoms with Crippen LogP contribution in [-0.4, -0.2) is 68.4 Å². The summed E-state index contributed by atoms with van der Waals surface area (Å²) in [6.45, 7) is 2.66. The van der Waals surface area contributed by atoms with E-state index in [1.54, 1.807) is 0 Å². The van der Waals surface area contributed by atoms with Crippen molar-refractivity contribution >= 4 is 0 Å². The van der Waals surface area contributed by atoms with E-state index in [-0.39, 0.29) is 6.61 Å². The molecular weight excluding hydrogens is 228 g/mol. The molecule has 6 heteroatoms. The first-order valence-electron chi connectivity index (χ1n) is 5.80. The Kier molecular flexibility index (Phi) is 6.32. The van der Waals surface area contributed by atoms with Crippen LogP contribution >= 0.6 is 0 Å². The molecule has 0 aromatic rings. The highest BCUT2D eigenvalue weighted by Gasteiger charge is 2.45. The van der Waals surface area contributed by atoms with E-state index in [9.17, 15) is 10.2 Å². The summed E-state index contributed by atoms with van der Waals surface area (Å²) >= 11 is 0. The molecule has 102 valence electrons. The van der Waals surface area contributed by atoms with Gasteiger partial charge < -0.3 is 29.2 Å². The Bertz CT molecular complexity index is 212. The fraction of sp³-hybridized carbons (Fsp3) is 1.00. The third kappa shape index (κ3) is 3.61. The third-order valence-electron chi connectivity index (χ3n) is 2.75. The van der Waals surface area contributed by atoms with Gasteiger partial charge >= 0.3 is 0 Å². The zero-order valence-electron chi connectivity index (χ0n) is 10.5. The van der Waals surface area contributed by atoms with Crippen LogP contribution in [0.4, 0.5) is 0 Å². The van der Waals surface area contributed by atoms with Crippen molar-refractivity contribution in [3.8, 4) is 0 Å². The second-order valence-electron chi connectivity index (χ2n) is 4.05. The fourth-order valence-corrected chi connectivity index (χ4v) is 1.91. The molecule has 1 rings (SSSR count). The number of hydrogen-bond acceptors (Lipinski definition) is 6. The molecule has 1 saturated heterocycles. The molecule has 1 unspecified atom stereocenters. The summed E-state index contributed by atoms with van der Waals surface area (Å²) in [6.07, 6.45) is -3.08. The Balaban J connectivity index is 2.69. The van der Waals surface area contributed by atoms with Crippen LogP contribution in [0.1, 0.15) is 13.3 Å². The molecule has 1 heterocycles. The van der Waals surface area contributed by atoms with Gasteiger partial charge in [0, 0.05) is 20.8 Å².